The second kappa shape index (κ2) is 5.07. The van der Waals surface area contributed by atoms with Crippen molar-refractivity contribution in [2.24, 2.45) is 0 Å². The van der Waals surface area contributed by atoms with Crippen LogP contribution in [0.15, 0.2) is 15.8 Å². The molecule has 0 amide bonds. The van der Waals surface area contributed by atoms with Crippen LogP contribution in [0.2, 0.25) is 0 Å². The van der Waals surface area contributed by atoms with Crippen LogP contribution < -0.4 is 11.2 Å². The van der Waals surface area contributed by atoms with Gasteiger partial charge in [0.05, 0.1) is 10.2 Å². The minimum absolute atomic E-state index is 0.185. The maximum absolute atomic E-state index is 13.8. The van der Waals surface area contributed by atoms with Crippen molar-refractivity contribution in [2.45, 2.75) is 24.6 Å². The Morgan fingerprint density at radius 3 is 2.78 bits per heavy atom. The van der Waals surface area contributed by atoms with Gasteiger partial charge in [0.1, 0.15) is 12.2 Å². The first-order chi connectivity index (χ1) is 8.45. The number of H-pyrrole nitrogens is 1. The SMILES string of the molecule is O=c1[nH]c(=O)n([C@H]2O[C@@H](CO)[C@H](O)[C@@H]2F)cc1I. The van der Waals surface area contributed by atoms with Gasteiger partial charge in [0.2, 0.25) is 0 Å². The summed E-state index contributed by atoms with van der Waals surface area (Å²) in [5.74, 6) is 0. The van der Waals surface area contributed by atoms with Crippen LogP contribution in [0.1, 0.15) is 6.23 Å². The van der Waals surface area contributed by atoms with E-state index in [9.17, 15) is 19.1 Å². The van der Waals surface area contributed by atoms with E-state index in [1.165, 1.54) is 0 Å². The van der Waals surface area contributed by atoms with Crippen LogP contribution in [0.5, 0.6) is 0 Å². The molecular formula is C9H10FIN2O5. The van der Waals surface area contributed by atoms with E-state index in [0.717, 1.165) is 10.8 Å². The highest BCUT2D eigenvalue weighted by Crippen LogP contribution is 2.30. The van der Waals surface area contributed by atoms with E-state index in [1.807, 2.05) is 4.98 Å². The highest BCUT2D eigenvalue weighted by molar-refractivity contribution is 14.1. The van der Waals surface area contributed by atoms with Crippen molar-refractivity contribution in [1.82, 2.24) is 9.55 Å². The number of aliphatic hydroxyl groups is 2. The summed E-state index contributed by atoms with van der Waals surface area (Å²) in [7, 11) is 0. The summed E-state index contributed by atoms with van der Waals surface area (Å²) in [5, 5.41) is 18.3. The Hall–Kier alpha value is -0.780. The van der Waals surface area contributed by atoms with Crippen molar-refractivity contribution < 1.29 is 19.3 Å². The Balaban J connectivity index is 2.42. The van der Waals surface area contributed by atoms with E-state index in [2.05, 4.69) is 0 Å². The van der Waals surface area contributed by atoms with Crippen LogP contribution in [0.25, 0.3) is 0 Å². The molecule has 1 fully saturated rings. The Morgan fingerprint density at radius 2 is 2.22 bits per heavy atom. The summed E-state index contributed by atoms with van der Waals surface area (Å²) in [6.07, 6.45) is -4.69. The molecule has 0 radical (unpaired) electrons. The van der Waals surface area contributed by atoms with Gasteiger partial charge in [-0.2, -0.15) is 0 Å². The number of hydrogen-bond donors (Lipinski definition) is 3. The summed E-state index contributed by atoms with van der Waals surface area (Å²) in [6.45, 7) is -0.562. The quantitative estimate of drug-likeness (QED) is 0.562. The number of aliphatic hydroxyl groups excluding tert-OH is 2. The molecule has 0 aromatic carbocycles. The zero-order chi connectivity index (χ0) is 13.4. The molecule has 100 valence electrons. The second-order valence-electron chi connectivity index (χ2n) is 3.83. The van der Waals surface area contributed by atoms with Crippen LogP contribution in [0.4, 0.5) is 4.39 Å². The normalized spacial score (nSPS) is 31.8. The maximum atomic E-state index is 13.8. The van der Waals surface area contributed by atoms with Crippen LogP contribution >= 0.6 is 22.6 Å². The van der Waals surface area contributed by atoms with E-state index >= 15 is 0 Å². The van der Waals surface area contributed by atoms with Gasteiger partial charge in [-0.25, -0.2) is 9.18 Å². The Kier molecular flexibility index (Phi) is 3.84. The minimum atomic E-state index is -1.86. The number of rotatable bonds is 2. The summed E-state index contributed by atoms with van der Waals surface area (Å²) in [6, 6.07) is 0. The topological polar surface area (TPSA) is 105 Å². The molecule has 0 unspecified atom stereocenters. The van der Waals surface area contributed by atoms with E-state index in [4.69, 9.17) is 9.84 Å². The molecule has 0 spiro atoms. The van der Waals surface area contributed by atoms with Gasteiger partial charge in [0.25, 0.3) is 5.56 Å². The lowest BCUT2D eigenvalue weighted by atomic mass is 10.1. The number of aromatic nitrogens is 2. The van der Waals surface area contributed by atoms with Crippen molar-refractivity contribution in [3.8, 4) is 0 Å². The Bertz CT molecular complexity index is 559. The van der Waals surface area contributed by atoms with Crippen LogP contribution in [-0.4, -0.2) is 44.8 Å². The monoisotopic (exact) mass is 372 g/mol. The minimum Gasteiger partial charge on any atom is -0.394 e. The molecule has 1 aliphatic rings. The van der Waals surface area contributed by atoms with Gasteiger partial charge >= 0.3 is 5.69 Å². The van der Waals surface area contributed by atoms with E-state index in [0.29, 0.717) is 0 Å². The molecule has 0 aliphatic carbocycles. The number of aromatic amines is 1. The van der Waals surface area contributed by atoms with Crippen molar-refractivity contribution in [3.05, 3.63) is 30.6 Å². The number of halogens is 2. The molecule has 1 aliphatic heterocycles. The fourth-order valence-corrected chi connectivity index (χ4v) is 2.16. The molecule has 1 aromatic heterocycles. The first kappa shape index (κ1) is 13.6. The number of nitrogens with one attached hydrogen (secondary N) is 1. The molecule has 18 heavy (non-hydrogen) atoms. The fourth-order valence-electron chi connectivity index (χ4n) is 1.73. The highest BCUT2D eigenvalue weighted by Gasteiger charge is 2.45. The number of ether oxygens (including phenoxy) is 1. The number of alkyl halides is 1. The van der Waals surface area contributed by atoms with Gasteiger partial charge in [-0.15, -0.1) is 0 Å². The summed E-state index contributed by atoms with van der Waals surface area (Å²) >= 11 is 1.69. The standard InChI is InChI=1S/C9H10FIN2O5/c10-5-6(15)4(2-14)18-8(5)13-1-3(11)7(16)12-9(13)17/h1,4-6,8,14-15H,2H2,(H,12,16,17)/t4-,5-,6-,8-/m0/s1. The predicted molar refractivity (Wildman–Crippen MR) is 65.9 cm³/mol. The molecule has 2 heterocycles. The van der Waals surface area contributed by atoms with Crippen molar-refractivity contribution in [2.75, 3.05) is 6.61 Å². The summed E-state index contributed by atoms with van der Waals surface area (Å²) in [4.78, 5) is 24.7. The van der Waals surface area contributed by atoms with Gasteiger partial charge in [-0.3, -0.25) is 14.3 Å². The lowest BCUT2D eigenvalue weighted by Gasteiger charge is -2.15. The Labute approximate surface area is 113 Å². The zero-order valence-electron chi connectivity index (χ0n) is 8.92. The number of hydrogen-bond acceptors (Lipinski definition) is 5. The van der Waals surface area contributed by atoms with Gasteiger partial charge in [0, 0.05) is 6.20 Å². The molecular weight excluding hydrogens is 362 g/mol. The lowest BCUT2D eigenvalue weighted by molar-refractivity contribution is -0.0492. The average Bonchev–Trinajstić information content (AvgIpc) is 2.61. The molecule has 0 bridgehead atoms. The zero-order valence-corrected chi connectivity index (χ0v) is 11.1. The van der Waals surface area contributed by atoms with Crippen molar-refractivity contribution in [3.63, 3.8) is 0 Å². The smallest absolute Gasteiger partial charge is 0.330 e. The van der Waals surface area contributed by atoms with E-state index in [-0.39, 0.29) is 3.57 Å². The van der Waals surface area contributed by atoms with Crippen LogP contribution in [-0.2, 0) is 4.74 Å². The van der Waals surface area contributed by atoms with Gasteiger partial charge < -0.3 is 14.9 Å². The van der Waals surface area contributed by atoms with Crippen LogP contribution in [0.3, 0.4) is 0 Å². The maximum Gasteiger partial charge on any atom is 0.330 e. The highest BCUT2D eigenvalue weighted by atomic mass is 127. The first-order valence-corrected chi connectivity index (χ1v) is 6.13. The lowest BCUT2D eigenvalue weighted by Crippen LogP contribution is -2.37. The van der Waals surface area contributed by atoms with Crippen molar-refractivity contribution in [1.29, 1.82) is 0 Å². The predicted octanol–water partition coefficient (Wildman–Crippen LogP) is -1.27. The van der Waals surface area contributed by atoms with Gasteiger partial charge in [0.15, 0.2) is 12.4 Å². The van der Waals surface area contributed by atoms with Crippen molar-refractivity contribution >= 4 is 22.6 Å². The van der Waals surface area contributed by atoms with E-state index < -0.39 is 42.5 Å². The van der Waals surface area contributed by atoms with E-state index in [1.54, 1.807) is 22.6 Å². The number of nitrogens with zero attached hydrogens (tertiary/aromatic N) is 1. The third kappa shape index (κ3) is 2.22. The second-order valence-corrected chi connectivity index (χ2v) is 4.99. The summed E-state index contributed by atoms with van der Waals surface area (Å²) in [5.41, 5.74) is -1.41. The Morgan fingerprint density at radius 1 is 1.56 bits per heavy atom. The largest absolute Gasteiger partial charge is 0.394 e. The molecule has 9 heteroatoms. The third-order valence-electron chi connectivity index (χ3n) is 2.67. The molecule has 3 N–H and O–H groups in total. The molecule has 1 aromatic rings. The van der Waals surface area contributed by atoms with Crippen LogP contribution in [0, 0.1) is 3.57 Å². The van der Waals surface area contributed by atoms with Gasteiger partial charge in [-0.05, 0) is 22.6 Å². The third-order valence-corrected chi connectivity index (χ3v) is 3.44. The molecule has 7 nitrogen and oxygen atoms in total. The van der Waals surface area contributed by atoms with Gasteiger partial charge in [-0.1, -0.05) is 0 Å². The first-order valence-electron chi connectivity index (χ1n) is 5.05. The molecule has 1 saturated heterocycles. The average molecular weight is 372 g/mol. The molecule has 0 saturated carbocycles. The molecule has 2 rings (SSSR count). The summed E-state index contributed by atoms with van der Waals surface area (Å²) < 4.78 is 19.9. The fraction of sp³-hybridized carbons (Fsp3) is 0.556. The molecule has 4 atom stereocenters.